The minimum atomic E-state index is -0.311. The van der Waals surface area contributed by atoms with Gasteiger partial charge in [0, 0.05) is 29.1 Å². The van der Waals surface area contributed by atoms with Crippen molar-refractivity contribution in [1.82, 2.24) is 10.3 Å². The van der Waals surface area contributed by atoms with Crippen molar-refractivity contribution in [2.24, 2.45) is 0 Å². The molecule has 0 aliphatic carbocycles. The fraction of sp³-hybridized carbons (Fsp3) is 0.286. The first-order chi connectivity index (χ1) is 11.8. The maximum Gasteiger partial charge on any atom is 0.224 e. The molecule has 130 valence electrons. The first kappa shape index (κ1) is 17.2. The molecule has 3 rings (SSSR count). The Kier molecular flexibility index (Phi) is 4.62. The highest BCUT2D eigenvalue weighted by atomic mass is 19.1. The van der Waals surface area contributed by atoms with Gasteiger partial charge in [-0.15, -0.1) is 0 Å². The first-order valence-corrected chi connectivity index (χ1v) is 8.44. The van der Waals surface area contributed by atoms with E-state index in [2.05, 4.69) is 10.3 Å². The Bertz CT molecular complexity index is 911. The molecule has 0 unspecified atom stereocenters. The van der Waals surface area contributed by atoms with Crippen molar-refractivity contribution in [1.29, 1.82) is 0 Å². The van der Waals surface area contributed by atoms with Gasteiger partial charge in [-0.05, 0) is 36.2 Å². The van der Waals surface area contributed by atoms with E-state index in [4.69, 9.17) is 0 Å². The van der Waals surface area contributed by atoms with E-state index >= 15 is 0 Å². The number of rotatable bonds is 5. The lowest BCUT2D eigenvalue weighted by molar-refractivity contribution is -0.120. The van der Waals surface area contributed by atoms with Gasteiger partial charge in [0.1, 0.15) is 5.82 Å². The van der Waals surface area contributed by atoms with Gasteiger partial charge in [0.2, 0.25) is 5.91 Å². The molecule has 0 fully saturated rings. The van der Waals surface area contributed by atoms with E-state index in [-0.39, 0.29) is 17.1 Å². The molecule has 2 N–H and O–H groups in total. The Balaban J connectivity index is 1.70. The van der Waals surface area contributed by atoms with Crippen LogP contribution in [0.2, 0.25) is 0 Å². The molecule has 2 aromatic carbocycles. The molecule has 3 nitrogen and oxygen atoms in total. The van der Waals surface area contributed by atoms with Gasteiger partial charge < -0.3 is 10.3 Å². The molecule has 0 spiro atoms. The summed E-state index contributed by atoms with van der Waals surface area (Å²) in [5.74, 6) is -0.266. The van der Waals surface area contributed by atoms with Crippen molar-refractivity contribution < 1.29 is 9.18 Å². The van der Waals surface area contributed by atoms with Crippen LogP contribution in [0.15, 0.2) is 48.7 Å². The molecule has 0 radical (unpaired) electrons. The number of nitrogens with one attached hydrogen (secondary N) is 2. The minimum absolute atomic E-state index is 0.00954. The molecule has 0 saturated heterocycles. The molecule has 0 saturated carbocycles. The standard InChI is InChI=1S/C21H23FN2O/c1-14-5-4-6-15(9-14)10-20(25)24-13-21(2,3)18-12-23-19-8-7-16(22)11-17(18)19/h4-9,11-12,23H,10,13H2,1-3H3,(H,24,25). The van der Waals surface area contributed by atoms with Crippen LogP contribution in [0.3, 0.4) is 0 Å². The summed E-state index contributed by atoms with van der Waals surface area (Å²) in [5, 5.41) is 3.87. The number of carbonyl (C=O) groups excluding carboxylic acids is 1. The van der Waals surface area contributed by atoms with Crippen molar-refractivity contribution in [3.63, 3.8) is 0 Å². The third-order valence-electron chi connectivity index (χ3n) is 4.55. The predicted molar refractivity (Wildman–Crippen MR) is 99.2 cm³/mol. The maximum atomic E-state index is 13.6. The van der Waals surface area contributed by atoms with Gasteiger partial charge in [-0.3, -0.25) is 4.79 Å². The molecule has 3 aromatic rings. The van der Waals surface area contributed by atoms with Crippen LogP contribution in [0.4, 0.5) is 4.39 Å². The molecule has 1 amide bonds. The van der Waals surface area contributed by atoms with E-state index < -0.39 is 0 Å². The van der Waals surface area contributed by atoms with E-state index in [1.54, 1.807) is 6.07 Å². The Morgan fingerprint density at radius 2 is 2.00 bits per heavy atom. The number of hydrogen-bond donors (Lipinski definition) is 2. The summed E-state index contributed by atoms with van der Waals surface area (Å²) >= 11 is 0. The number of benzene rings is 2. The van der Waals surface area contributed by atoms with E-state index in [1.165, 1.54) is 12.1 Å². The van der Waals surface area contributed by atoms with Crippen LogP contribution < -0.4 is 5.32 Å². The minimum Gasteiger partial charge on any atom is -0.361 e. The fourth-order valence-electron chi connectivity index (χ4n) is 3.14. The average molecular weight is 338 g/mol. The second-order valence-corrected chi connectivity index (χ2v) is 7.22. The third kappa shape index (κ3) is 3.90. The summed E-state index contributed by atoms with van der Waals surface area (Å²) in [7, 11) is 0. The van der Waals surface area contributed by atoms with Crippen molar-refractivity contribution in [3.05, 3.63) is 71.2 Å². The molecule has 0 aliphatic heterocycles. The summed E-state index contributed by atoms with van der Waals surface area (Å²) in [4.78, 5) is 15.5. The van der Waals surface area contributed by atoms with Crippen LogP contribution >= 0.6 is 0 Å². The van der Waals surface area contributed by atoms with Gasteiger partial charge in [-0.2, -0.15) is 0 Å². The smallest absolute Gasteiger partial charge is 0.224 e. The highest BCUT2D eigenvalue weighted by molar-refractivity contribution is 5.84. The lowest BCUT2D eigenvalue weighted by Gasteiger charge is -2.25. The fourth-order valence-corrected chi connectivity index (χ4v) is 3.14. The highest BCUT2D eigenvalue weighted by Gasteiger charge is 2.25. The number of aryl methyl sites for hydroxylation is 1. The van der Waals surface area contributed by atoms with Crippen LogP contribution in [0, 0.1) is 12.7 Å². The van der Waals surface area contributed by atoms with Crippen molar-refractivity contribution >= 4 is 16.8 Å². The van der Waals surface area contributed by atoms with E-state index in [0.717, 1.165) is 27.6 Å². The molecule has 4 heteroatoms. The predicted octanol–water partition coefficient (Wildman–Crippen LogP) is 4.25. The largest absolute Gasteiger partial charge is 0.361 e. The quantitative estimate of drug-likeness (QED) is 0.718. The summed E-state index contributed by atoms with van der Waals surface area (Å²) in [6, 6.07) is 12.7. The zero-order valence-electron chi connectivity index (χ0n) is 14.8. The van der Waals surface area contributed by atoms with Gasteiger partial charge in [-0.25, -0.2) is 4.39 Å². The van der Waals surface area contributed by atoms with Crippen LogP contribution in [0.5, 0.6) is 0 Å². The second kappa shape index (κ2) is 6.71. The Labute approximate surface area is 147 Å². The van der Waals surface area contributed by atoms with Crippen LogP contribution in [0.25, 0.3) is 10.9 Å². The van der Waals surface area contributed by atoms with Gasteiger partial charge in [0.15, 0.2) is 0 Å². The summed E-state index contributed by atoms with van der Waals surface area (Å²) in [6.45, 7) is 6.60. The average Bonchev–Trinajstić information content (AvgIpc) is 2.97. The van der Waals surface area contributed by atoms with Crippen molar-refractivity contribution in [3.8, 4) is 0 Å². The molecule has 1 aromatic heterocycles. The number of aromatic nitrogens is 1. The number of H-pyrrole nitrogens is 1. The molecule has 0 aliphatic rings. The first-order valence-electron chi connectivity index (χ1n) is 8.44. The van der Waals surface area contributed by atoms with Crippen LogP contribution in [-0.4, -0.2) is 17.4 Å². The van der Waals surface area contributed by atoms with Crippen molar-refractivity contribution in [2.75, 3.05) is 6.54 Å². The lowest BCUT2D eigenvalue weighted by Crippen LogP contribution is -2.37. The van der Waals surface area contributed by atoms with Gasteiger partial charge in [0.05, 0.1) is 6.42 Å². The van der Waals surface area contributed by atoms with E-state index in [9.17, 15) is 9.18 Å². The molecular formula is C21H23FN2O. The van der Waals surface area contributed by atoms with Crippen LogP contribution in [0.1, 0.15) is 30.5 Å². The van der Waals surface area contributed by atoms with Crippen molar-refractivity contribution in [2.45, 2.75) is 32.6 Å². The number of carbonyl (C=O) groups is 1. The SMILES string of the molecule is Cc1cccc(CC(=O)NCC(C)(C)c2c[nH]c3ccc(F)cc23)c1. The maximum absolute atomic E-state index is 13.6. The Morgan fingerprint density at radius 1 is 1.20 bits per heavy atom. The zero-order chi connectivity index (χ0) is 18.0. The van der Waals surface area contributed by atoms with Crippen LogP contribution in [-0.2, 0) is 16.6 Å². The molecule has 0 atom stereocenters. The van der Waals surface area contributed by atoms with E-state index in [1.807, 2.05) is 51.2 Å². The van der Waals surface area contributed by atoms with E-state index in [0.29, 0.717) is 13.0 Å². The summed E-state index contributed by atoms with van der Waals surface area (Å²) < 4.78 is 13.6. The van der Waals surface area contributed by atoms with Gasteiger partial charge in [-0.1, -0.05) is 43.7 Å². The third-order valence-corrected chi connectivity index (χ3v) is 4.55. The molecule has 0 bridgehead atoms. The topological polar surface area (TPSA) is 44.9 Å². The molecular weight excluding hydrogens is 315 g/mol. The monoisotopic (exact) mass is 338 g/mol. The number of amides is 1. The summed E-state index contributed by atoms with van der Waals surface area (Å²) in [6.07, 6.45) is 2.26. The number of fused-ring (bicyclic) bond motifs is 1. The molecule has 25 heavy (non-hydrogen) atoms. The number of halogens is 1. The Morgan fingerprint density at radius 3 is 2.76 bits per heavy atom. The second-order valence-electron chi connectivity index (χ2n) is 7.22. The Hall–Kier alpha value is -2.62. The lowest BCUT2D eigenvalue weighted by atomic mass is 9.84. The van der Waals surface area contributed by atoms with Gasteiger partial charge in [0.25, 0.3) is 0 Å². The normalized spacial score (nSPS) is 11.7. The summed E-state index contributed by atoms with van der Waals surface area (Å²) in [5.41, 5.74) is 3.73. The highest BCUT2D eigenvalue weighted by Crippen LogP contribution is 2.30. The zero-order valence-corrected chi connectivity index (χ0v) is 14.8. The number of aromatic amines is 1. The molecule has 1 heterocycles. The number of hydrogen-bond acceptors (Lipinski definition) is 1. The van der Waals surface area contributed by atoms with Gasteiger partial charge >= 0.3 is 0 Å².